The Hall–Kier alpha value is -4.00. The van der Waals surface area contributed by atoms with Crippen molar-refractivity contribution in [2.45, 2.75) is 122 Å². The highest BCUT2D eigenvalue weighted by Gasteiger charge is 2.62. The van der Waals surface area contributed by atoms with Crippen LogP contribution in [-0.4, -0.2) is 77.4 Å². The molecular formula is C40H51N3O9S. The van der Waals surface area contributed by atoms with E-state index >= 15 is 0 Å². The third-order valence-corrected chi connectivity index (χ3v) is 14.2. The van der Waals surface area contributed by atoms with Gasteiger partial charge in [-0.3, -0.25) is 28.8 Å². The van der Waals surface area contributed by atoms with Crippen molar-refractivity contribution in [2.75, 3.05) is 6.54 Å². The summed E-state index contributed by atoms with van der Waals surface area (Å²) in [6.07, 6.45) is 7.43. The van der Waals surface area contributed by atoms with Crippen LogP contribution in [0.2, 0.25) is 0 Å². The molecule has 1 aromatic rings. The summed E-state index contributed by atoms with van der Waals surface area (Å²) in [6.45, 7) is 12.0. The van der Waals surface area contributed by atoms with Crippen LogP contribution in [0.3, 0.4) is 0 Å². The SMILES string of the molecule is C=C[C@@H]1C[C@]1(CC(=O)[C@@H]1C[C@@H]2CN1C(=O)[C@H](C(C)(C)C)CC(=O)O[C@]1(C)C[C@H]1CC/C=C/c1cccc3c1CN(C3)C(=O)O2)C(=O)NS(=O)(=O)C1CC1. The van der Waals surface area contributed by atoms with E-state index in [0.717, 1.165) is 36.0 Å². The Balaban J connectivity index is 1.17. The van der Waals surface area contributed by atoms with Crippen LogP contribution in [-0.2, 0) is 51.8 Å². The number of fused-ring (bicyclic) bond motifs is 4. The number of Topliss-reactive ketones (excluding diaryl/α,β-unsaturated/α-hetero) is 1. The molecule has 13 heteroatoms. The van der Waals surface area contributed by atoms with Crippen molar-refractivity contribution < 1.29 is 41.9 Å². The molecule has 3 aliphatic carbocycles. The average Bonchev–Trinajstić information content (AvgIpc) is 4.04. The van der Waals surface area contributed by atoms with Crippen LogP contribution in [0.4, 0.5) is 4.79 Å². The normalized spacial score (nSPS) is 33.7. The molecule has 7 rings (SSSR count). The fourth-order valence-corrected chi connectivity index (χ4v) is 9.98. The molecule has 0 unspecified atom stereocenters. The van der Waals surface area contributed by atoms with Crippen LogP contribution < -0.4 is 4.72 Å². The number of amides is 3. The van der Waals surface area contributed by atoms with E-state index in [1.165, 1.54) is 4.90 Å². The van der Waals surface area contributed by atoms with E-state index in [0.29, 0.717) is 25.9 Å². The molecular weight excluding hydrogens is 699 g/mol. The van der Waals surface area contributed by atoms with Gasteiger partial charge in [0.05, 0.1) is 42.1 Å². The Labute approximate surface area is 311 Å². The van der Waals surface area contributed by atoms with Crippen molar-refractivity contribution >= 4 is 45.8 Å². The zero-order valence-corrected chi connectivity index (χ0v) is 31.9. The van der Waals surface area contributed by atoms with E-state index < -0.39 is 85.3 Å². The van der Waals surface area contributed by atoms with Crippen molar-refractivity contribution in [3.8, 4) is 0 Å². The Morgan fingerprint density at radius 1 is 1.09 bits per heavy atom. The second-order valence-corrected chi connectivity index (χ2v) is 19.4. The maximum Gasteiger partial charge on any atom is 0.410 e. The lowest BCUT2D eigenvalue weighted by molar-refractivity contribution is -0.158. The molecule has 0 radical (unpaired) electrons. The highest BCUT2D eigenvalue weighted by molar-refractivity contribution is 7.90. The number of nitrogens with zero attached hydrogens (tertiary/aromatic N) is 2. The molecule has 1 N–H and O–H groups in total. The number of carbonyl (C=O) groups excluding carboxylic acids is 5. The van der Waals surface area contributed by atoms with E-state index in [4.69, 9.17) is 9.47 Å². The fourth-order valence-electron chi connectivity index (χ4n) is 8.59. The molecule has 53 heavy (non-hydrogen) atoms. The molecule has 4 fully saturated rings. The topological polar surface area (TPSA) is 156 Å². The molecule has 3 heterocycles. The molecule has 12 nitrogen and oxygen atoms in total. The number of carbonyl (C=O) groups is 5. The fraction of sp³-hybridized carbons (Fsp3) is 0.625. The van der Waals surface area contributed by atoms with Gasteiger partial charge in [0.2, 0.25) is 21.8 Å². The molecule has 1 aromatic carbocycles. The standard InChI is InChI=1S/C40H51N3O9S/c1-6-26-19-40(26,36(47)41-53(49,50)29-14-15-29)20-33(44)32-16-28-22-43(32)35(46)31(38(2,3)4)17-34(45)52-39(5)18-27(39)13-8-7-10-24-11-9-12-25-21-42(23-30(24)25)37(48)51-28/h6-7,9-12,26-29,31-32H,1,8,13-23H2,2-5H3,(H,41,47)/b10-7+/t26-,27-,28-,31-,32+,39-,40-/m1/s1. The zero-order chi connectivity index (χ0) is 38.1. The van der Waals surface area contributed by atoms with Gasteiger partial charge in [0.15, 0.2) is 5.78 Å². The summed E-state index contributed by atoms with van der Waals surface area (Å²) in [6, 6.07) is 4.91. The smallest absolute Gasteiger partial charge is 0.410 e. The van der Waals surface area contributed by atoms with Gasteiger partial charge < -0.3 is 14.4 Å². The third kappa shape index (κ3) is 7.42. The first-order valence-electron chi connectivity index (χ1n) is 18.9. The number of ether oxygens (including phenoxy) is 2. The molecule has 0 aromatic heterocycles. The number of allylic oxidation sites excluding steroid dienone is 2. The van der Waals surface area contributed by atoms with Gasteiger partial charge in [-0.25, -0.2) is 13.2 Å². The van der Waals surface area contributed by atoms with Gasteiger partial charge in [0.1, 0.15) is 11.7 Å². The number of esters is 1. The second-order valence-electron chi connectivity index (χ2n) is 17.4. The predicted molar refractivity (Wildman–Crippen MR) is 195 cm³/mol. The Morgan fingerprint density at radius 2 is 1.85 bits per heavy atom. The van der Waals surface area contributed by atoms with Gasteiger partial charge in [-0.1, -0.05) is 57.2 Å². The number of ketones is 1. The van der Waals surface area contributed by atoms with Crippen LogP contribution in [0.15, 0.2) is 36.9 Å². The molecule has 286 valence electrons. The monoisotopic (exact) mass is 749 g/mol. The van der Waals surface area contributed by atoms with Crippen LogP contribution >= 0.6 is 0 Å². The number of sulfonamides is 1. The molecule has 1 saturated heterocycles. The molecule has 4 bridgehead atoms. The number of benzene rings is 1. The van der Waals surface area contributed by atoms with Crippen LogP contribution in [0.5, 0.6) is 0 Å². The van der Waals surface area contributed by atoms with Crippen LogP contribution in [0, 0.1) is 28.6 Å². The summed E-state index contributed by atoms with van der Waals surface area (Å²) in [4.78, 5) is 72.7. The summed E-state index contributed by atoms with van der Waals surface area (Å²) >= 11 is 0. The van der Waals surface area contributed by atoms with Gasteiger partial charge in [-0.15, -0.1) is 6.58 Å². The van der Waals surface area contributed by atoms with E-state index in [9.17, 15) is 32.4 Å². The zero-order valence-electron chi connectivity index (χ0n) is 31.1. The summed E-state index contributed by atoms with van der Waals surface area (Å²) in [5.41, 5.74) is 0.462. The predicted octanol–water partition coefficient (Wildman–Crippen LogP) is 5.05. The molecule has 6 aliphatic rings. The lowest BCUT2D eigenvalue weighted by atomic mass is 9.77. The maximum absolute atomic E-state index is 14.6. The minimum absolute atomic E-state index is 0.00295. The van der Waals surface area contributed by atoms with Gasteiger partial charge in [-0.2, -0.15) is 0 Å². The van der Waals surface area contributed by atoms with Crippen molar-refractivity contribution in [2.24, 2.45) is 28.6 Å². The maximum atomic E-state index is 14.6. The largest absolute Gasteiger partial charge is 0.459 e. The highest BCUT2D eigenvalue weighted by atomic mass is 32.2. The first-order chi connectivity index (χ1) is 24.9. The minimum atomic E-state index is -3.86. The number of hydrogen-bond acceptors (Lipinski definition) is 9. The number of hydrogen-bond donors (Lipinski definition) is 1. The molecule has 3 aliphatic heterocycles. The van der Waals surface area contributed by atoms with E-state index in [2.05, 4.69) is 23.5 Å². The van der Waals surface area contributed by atoms with Gasteiger partial charge >= 0.3 is 12.1 Å². The summed E-state index contributed by atoms with van der Waals surface area (Å²) in [7, 11) is -3.86. The second kappa shape index (κ2) is 13.4. The van der Waals surface area contributed by atoms with Crippen molar-refractivity contribution in [1.82, 2.24) is 14.5 Å². The van der Waals surface area contributed by atoms with Gasteiger partial charge in [0.25, 0.3) is 0 Å². The molecule has 7 atom stereocenters. The number of nitrogens with one attached hydrogen (secondary N) is 1. The number of rotatable bonds is 7. The van der Waals surface area contributed by atoms with E-state index in [-0.39, 0.29) is 38.1 Å². The van der Waals surface area contributed by atoms with Crippen molar-refractivity contribution in [3.63, 3.8) is 0 Å². The Morgan fingerprint density at radius 3 is 2.53 bits per heavy atom. The summed E-state index contributed by atoms with van der Waals surface area (Å²) in [5, 5.41) is -0.619. The Kier molecular flexibility index (Phi) is 9.43. The highest BCUT2D eigenvalue weighted by Crippen LogP contribution is 2.57. The quantitative estimate of drug-likeness (QED) is 0.298. The van der Waals surface area contributed by atoms with E-state index in [1.54, 1.807) is 11.0 Å². The van der Waals surface area contributed by atoms with Crippen molar-refractivity contribution in [1.29, 1.82) is 0 Å². The first-order valence-corrected chi connectivity index (χ1v) is 20.5. The third-order valence-electron chi connectivity index (χ3n) is 12.4. The molecule has 3 amide bonds. The molecule has 3 saturated carbocycles. The van der Waals surface area contributed by atoms with Gasteiger partial charge in [-0.05, 0) is 73.5 Å². The lowest BCUT2D eigenvalue weighted by Gasteiger charge is -2.35. The summed E-state index contributed by atoms with van der Waals surface area (Å²) < 4.78 is 39.7. The molecule has 0 spiro atoms. The minimum Gasteiger partial charge on any atom is -0.459 e. The first kappa shape index (κ1) is 37.3. The van der Waals surface area contributed by atoms with Crippen molar-refractivity contribution in [3.05, 3.63) is 53.6 Å². The van der Waals surface area contributed by atoms with Gasteiger partial charge in [0, 0.05) is 25.3 Å². The summed E-state index contributed by atoms with van der Waals surface area (Å²) in [5.74, 6) is -3.18. The Bertz CT molecular complexity index is 1880. The lowest BCUT2D eigenvalue weighted by Crippen LogP contribution is -2.48. The van der Waals surface area contributed by atoms with E-state index in [1.807, 2.05) is 45.9 Å². The average molecular weight is 750 g/mol. The van der Waals surface area contributed by atoms with Crippen LogP contribution in [0.25, 0.3) is 6.08 Å². The van der Waals surface area contributed by atoms with Crippen LogP contribution in [0.1, 0.15) is 102 Å².